The van der Waals surface area contributed by atoms with E-state index in [2.05, 4.69) is 10.6 Å². The third-order valence-corrected chi connectivity index (χ3v) is 5.03. The van der Waals surface area contributed by atoms with Gasteiger partial charge in [-0.2, -0.15) is 13.2 Å². The summed E-state index contributed by atoms with van der Waals surface area (Å²) in [5, 5.41) is 4.66. The highest BCUT2D eigenvalue weighted by Crippen LogP contribution is 2.38. The van der Waals surface area contributed by atoms with E-state index in [9.17, 15) is 27.6 Å². The van der Waals surface area contributed by atoms with Crippen molar-refractivity contribution in [2.75, 3.05) is 38.0 Å². The van der Waals surface area contributed by atoms with Crippen LogP contribution in [0.3, 0.4) is 0 Å². The molecular formula is C18H20ClF3N4O3. The largest absolute Gasteiger partial charge is 0.418 e. The lowest BCUT2D eigenvalue weighted by molar-refractivity contribution is -0.147. The minimum absolute atomic E-state index is 0.0860. The Morgan fingerprint density at radius 2 is 1.76 bits per heavy atom. The minimum Gasteiger partial charge on any atom is -0.345 e. The van der Waals surface area contributed by atoms with Gasteiger partial charge in [-0.3, -0.25) is 19.3 Å². The van der Waals surface area contributed by atoms with E-state index < -0.39 is 35.1 Å². The summed E-state index contributed by atoms with van der Waals surface area (Å²) in [4.78, 5) is 39.3. The van der Waals surface area contributed by atoms with E-state index in [1.807, 2.05) is 0 Å². The lowest BCUT2D eigenvalue weighted by atomic mass is 10.1. The van der Waals surface area contributed by atoms with Crippen molar-refractivity contribution in [3.8, 4) is 0 Å². The van der Waals surface area contributed by atoms with Gasteiger partial charge in [0, 0.05) is 32.2 Å². The van der Waals surface area contributed by atoms with Crippen LogP contribution < -0.4 is 10.6 Å². The fraction of sp³-hybridized carbons (Fsp3) is 0.500. The maximum atomic E-state index is 13.1. The predicted octanol–water partition coefficient (Wildman–Crippen LogP) is 1.72. The molecule has 0 radical (unpaired) electrons. The molecule has 1 heterocycles. The third-order valence-electron chi connectivity index (χ3n) is 4.72. The predicted molar refractivity (Wildman–Crippen MR) is 99.3 cm³/mol. The van der Waals surface area contributed by atoms with Gasteiger partial charge in [-0.1, -0.05) is 17.7 Å². The molecule has 1 aromatic rings. The van der Waals surface area contributed by atoms with Crippen LogP contribution in [0.4, 0.5) is 18.9 Å². The number of carbonyl (C=O) groups excluding carboxylic acids is 3. The highest BCUT2D eigenvalue weighted by molar-refractivity contribution is 6.35. The first-order valence-corrected chi connectivity index (χ1v) is 9.50. The number of alkyl halides is 3. The number of rotatable bonds is 4. The van der Waals surface area contributed by atoms with Crippen molar-refractivity contribution in [1.29, 1.82) is 0 Å². The summed E-state index contributed by atoms with van der Waals surface area (Å²) >= 11 is 5.84. The van der Waals surface area contributed by atoms with Crippen molar-refractivity contribution in [2.45, 2.75) is 25.1 Å². The van der Waals surface area contributed by atoms with Crippen molar-refractivity contribution in [1.82, 2.24) is 15.1 Å². The normalized spacial score (nSPS) is 17.7. The second-order valence-electron chi connectivity index (χ2n) is 7.02. The molecule has 2 N–H and O–H groups in total. The summed E-state index contributed by atoms with van der Waals surface area (Å²) in [5.74, 6) is -1.88. The number of halogens is 4. The fourth-order valence-corrected chi connectivity index (χ4v) is 3.22. The molecule has 1 saturated heterocycles. The molecule has 2 fully saturated rings. The number of anilines is 1. The maximum Gasteiger partial charge on any atom is 0.418 e. The van der Waals surface area contributed by atoms with Gasteiger partial charge < -0.3 is 15.5 Å². The van der Waals surface area contributed by atoms with Crippen molar-refractivity contribution in [2.24, 2.45) is 0 Å². The molecule has 1 aromatic carbocycles. The van der Waals surface area contributed by atoms with Gasteiger partial charge in [0.1, 0.15) is 0 Å². The van der Waals surface area contributed by atoms with Gasteiger partial charge in [0.15, 0.2) is 0 Å². The monoisotopic (exact) mass is 432 g/mol. The standard InChI is InChI=1S/C18H20ClF3N4O3/c19-13-3-1-2-12(18(20,21)22)15(13)24-14(27)10-25-6-8-26(9-7-25)17(29)16(28)23-11-4-5-11/h1-3,11H,4-10H2,(H,23,28)(H,24,27). The van der Waals surface area contributed by atoms with Crippen LogP contribution in [0.15, 0.2) is 18.2 Å². The smallest absolute Gasteiger partial charge is 0.345 e. The van der Waals surface area contributed by atoms with Gasteiger partial charge in [-0.25, -0.2) is 0 Å². The summed E-state index contributed by atoms with van der Waals surface area (Å²) < 4.78 is 39.3. The average Bonchev–Trinajstić information content (AvgIpc) is 3.46. The number of nitrogens with one attached hydrogen (secondary N) is 2. The van der Waals surface area contributed by atoms with E-state index in [0.29, 0.717) is 13.1 Å². The third kappa shape index (κ3) is 5.60. The molecule has 7 nitrogen and oxygen atoms in total. The van der Waals surface area contributed by atoms with Crippen LogP contribution in [0.2, 0.25) is 5.02 Å². The second kappa shape index (κ2) is 8.58. The molecule has 0 atom stereocenters. The molecule has 1 saturated carbocycles. The Kier molecular flexibility index (Phi) is 6.33. The van der Waals surface area contributed by atoms with Crippen LogP contribution in [0.25, 0.3) is 0 Å². The summed E-state index contributed by atoms with van der Waals surface area (Å²) in [6, 6.07) is 3.36. The summed E-state index contributed by atoms with van der Waals surface area (Å²) in [7, 11) is 0. The molecule has 0 bridgehead atoms. The number of nitrogens with zero attached hydrogens (tertiary/aromatic N) is 2. The van der Waals surface area contributed by atoms with Crippen molar-refractivity contribution in [3.05, 3.63) is 28.8 Å². The molecule has 0 spiro atoms. The van der Waals surface area contributed by atoms with Gasteiger partial charge in [0.2, 0.25) is 5.91 Å². The minimum atomic E-state index is -4.65. The van der Waals surface area contributed by atoms with Crippen LogP contribution in [0.1, 0.15) is 18.4 Å². The zero-order valence-corrected chi connectivity index (χ0v) is 16.1. The topological polar surface area (TPSA) is 81.8 Å². The first-order chi connectivity index (χ1) is 13.6. The highest BCUT2D eigenvalue weighted by Gasteiger charge is 2.35. The average molecular weight is 433 g/mol. The number of amides is 3. The lowest BCUT2D eigenvalue weighted by Gasteiger charge is -2.33. The lowest BCUT2D eigenvalue weighted by Crippen LogP contribution is -2.53. The number of piperazine rings is 1. The quantitative estimate of drug-likeness (QED) is 0.710. The Morgan fingerprint density at radius 1 is 1.10 bits per heavy atom. The summed E-state index contributed by atoms with van der Waals surface area (Å²) in [5.41, 5.74) is -1.49. The molecule has 0 aromatic heterocycles. The van der Waals surface area contributed by atoms with Gasteiger partial charge in [-0.05, 0) is 25.0 Å². The summed E-state index contributed by atoms with van der Waals surface area (Å²) in [6.07, 6.45) is -2.90. The summed E-state index contributed by atoms with van der Waals surface area (Å²) in [6.45, 7) is 1.00. The first kappa shape index (κ1) is 21.4. The van der Waals surface area contributed by atoms with Crippen molar-refractivity contribution >= 4 is 35.0 Å². The SMILES string of the molecule is O=C(CN1CCN(C(=O)C(=O)NC2CC2)CC1)Nc1c(Cl)cccc1C(F)(F)F. The van der Waals surface area contributed by atoms with Gasteiger partial charge in [0.05, 0.1) is 22.8 Å². The van der Waals surface area contributed by atoms with Crippen LogP contribution in [0, 0.1) is 0 Å². The molecule has 1 aliphatic carbocycles. The fourth-order valence-electron chi connectivity index (χ4n) is 3.00. The molecule has 3 amide bonds. The molecule has 11 heteroatoms. The van der Waals surface area contributed by atoms with E-state index in [4.69, 9.17) is 11.6 Å². The van der Waals surface area contributed by atoms with E-state index in [0.717, 1.165) is 25.0 Å². The zero-order valence-electron chi connectivity index (χ0n) is 15.4. The number of hydrogen-bond acceptors (Lipinski definition) is 4. The van der Waals surface area contributed by atoms with E-state index in [-0.39, 0.29) is 30.7 Å². The number of carbonyl (C=O) groups is 3. The van der Waals surface area contributed by atoms with Gasteiger partial charge >= 0.3 is 18.0 Å². The molecule has 0 unspecified atom stereocenters. The maximum absolute atomic E-state index is 13.1. The zero-order chi connectivity index (χ0) is 21.2. The molecular weight excluding hydrogens is 413 g/mol. The Morgan fingerprint density at radius 3 is 2.34 bits per heavy atom. The van der Waals surface area contributed by atoms with Gasteiger partial charge in [-0.15, -0.1) is 0 Å². The van der Waals surface area contributed by atoms with E-state index in [1.165, 1.54) is 11.0 Å². The number of para-hydroxylation sites is 1. The van der Waals surface area contributed by atoms with Crippen LogP contribution >= 0.6 is 11.6 Å². The van der Waals surface area contributed by atoms with E-state index >= 15 is 0 Å². The van der Waals surface area contributed by atoms with Crippen LogP contribution in [-0.4, -0.2) is 66.3 Å². The van der Waals surface area contributed by atoms with Gasteiger partial charge in [0.25, 0.3) is 0 Å². The molecule has 1 aliphatic heterocycles. The molecule has 3 rings (SSSR count). The Balaban J connectivity index is 1.51. The molecule has 158 valence electrons. The van der Waals surface area contributed by atoms with E-state index in [1.54, 1.807) is 4.90 Å². The van der Waals surface area contributed by atoms with Crippen LogP contribution in [-0.2, 0) is 20.6 Å². The number of hydrogen-bond donors (Lipinski definition) is 2. The first-order valence-electron chi connectivity index (χ1n) is 9.13. The Labute approximate surface area is 170 Å². The second-order valence-corrected chi connectivity index (χ2v) is 7.43. The Bertz CT molecular complexity index is 806. The molecule has 2 aliphatic rings. The van der Waals surface area contributed by atoms with Crippen molar-refractivity contribution in [3.63, 3.8) is 0 Å². The number of benzene rings is 1. The van der Waals surface area contributed by atoms with Crippen molar-refractivity contribution < 1.29 is 27.6 Å². The highest BCUT2D eigenvalue weighted by atomic mass is 35.5. The Hall–Kier alpha value is -2.33. The van der Waals surface area contributed by atoms with Crippen LogP contribution in [0.5, 0.6) is 0 Å². The molecule has 29 heavy (non-hydrogen) atoms.